The quantitative estimate of drug-likeness (QED) is 0.797. The second-order valence-corrected chi connectivity index (χ2v) is 8.82. The Morgan fingerprint density at radius 3 is 2.63 bits per heavy atom. The van der Waals surface area contributed by atoms with Crippen LogP contribution in [0.3, 0.4) is 0 Å². The molecule has 2 aliphatic rings. The van der Waals surface area contributed by atoms with Gasteiger partial charge in [0.1, 0.15) is 12.1 Å². The first-order chi connectivity index (χ1) is 12.7. The van der Waals surface area contributed by atoms with Crippen molar-refractivity contribution in [1.29, 1.82) is 0 Å². The summed E-state index contributed by atoms with van der Waals surface area (Å²) in [7, 11) is 0. The van der Waals surface area contributed by atoms with Gasteiger partial charge >= 0.3 is 6.03 Å². The molecule has 1 saturated heterocycles. The number of anilines is 1. The van der Waals surface area contributed by atoms with Gasteiger partial charge in [-0.25, -0.2) is 4.79 Å². The smallest absolute Gasteiger partial charge is 0.324 e. The van der Waals surface area contributed by atoms with E-state index in [1.165, 1.54) is 0 Å². The van der Waals surface area contributed by atoms with Crippen LogP contribution >= 0.6 is 0 Å². The minimum Gasteiger partial charge on any atom is -0.324 e. The molecular weight excluding hydrogens is 342 g/mol. The van der Waals surface area contributed by atoms with Gasteiger partial charge in [0, 0.05) is 5.69 Å². The van der Waals surface area contributed by atoms with E-state index >= 15 is 0 Å². The number of urea groups is 1. The van der Waals surface area contributed by atoms with Crippen LogP contribution in [0.4, 0.5) is 10.5 Å². The molecule has 1 aliphatic carbocycles. The second kappa shape index (κ2) is 6.98. The highest BCUT2D eigenvalue weighted by Gasteiger charge is 2.56. The van der Waals surface area contributed by atoms with Gasteiger partial charge in [0.25, 0.3) is 5.91 Å². The monoisotopic (exact) mass is 371 g/mol. The van der Waals surface area contributed by atoms with Crippen LogP contribution in [0, 0.1) is 11.3 Å². The molecule has 1 heterocycles. The van der Waals surface area contributed by atoms with Crippen molar-refractivity contribution in [3.8, 4) is 0 Å². The topological polar surface area (TPSA) is 78.5 Å². The van der Waals surface area contributed by atoms with E-state index in [-0.39, 0.29) is 23.8 Å². The minimum absolute atomic E-state index is 0.0288. The number of rotatable bonds is 4. The maximum Gasteiger partial charge on any atom is 0.325 e. The van der Waals surface area contributed by atoms with Crippen molar-refractivity contribution in [1.82, 2.24) is 10.2 Å². The molecule has 6 nitrogen and oxygen atoms in total. The third-order valence-electron chi connectivity index (χ3n) is 5.60. The Kier molecular flexibility index (Phi) is 5.02. The minimum atomic E-state index is -0.875. The Balaban J connectivity index is 1.73. The van der Waals surface area contributed by atoms with Crippen LogP contribution in [-0.4, -0.2) is 34.8 Å². The fraction of sp³-hybridized carbons (Fsp3) is 0.571. The van der Waals surface area contributed by atoms with E-state index in [1.54, 1.807) is 0 Å². The van der Waals surface area contributed by atoms with Gasteiger partial charge in [0.05, 0.1) is 0 Å². The Labute approximate surface area is 160 Å². The standard InChI is InChI=1S/C21H29N3O3/c1-5-15-8-6-7-9-16(15)22-17(25)12-24-18(26)21(23-19(24)27)11-14(2)10-20(3,4)13-21/h6-9,14H,5,10-13H2,1-4H3,(H,22,25)(H,23,27)/t14-,21-/m0/s1. The van der Waals surface area contributed by atoms with Crippen LogP contribution in [0.1, 0.15) is 52.5 Å². The van der Waals surface area contributed by atoms with Gasteiger partial charge in [-0.2, -0.15) is 0 Å². The maximum atomic E-state index is 13.1. The molecule has 4 amide bonds. The van der Waals surface area contributed by atoms with Gasteiger partial charge in [-0.3, -0.25) is 14.5 Å². The largest absolute Gasteiger partial charge is 0.325 e. The van der Waals surface area contributed by atoms with Crippen LogP contribution in [0.15, 0.2) is 24.3 Å². The van der Waals surface area contributed by atoms with Gasteiger partial charge in [0.15, 0.2) is 0 Å². The van der Waals surface area contributed by atoms with Crippen molar-refractivity contribution in [3.05, 3.63) is 29.8 Å². The fourth-order valence-electron chi connectivity index (χ4n) is 4.93. The van der Waals surface area contributed by atoms with E-state index in [0.717, 1.165) is 29.0 Å². The summed E-state index contributed by atoms with van der Waals surface area (Å²) in [6, 6.07) is 7.08. The Morgan fingerprint density at radius 2 is 1.96 bits per heavy atom. The zero-order chi connectivity index (χ0) is 19.8. The van der Waals surface area contributed by atoms with Crippen molar-refractivity contribution in [3.63, 3.8) is 0 Å². The fourth-order valence-corrected chi connectivity index (χ4v) is 4.93. The van der Waals surface area contributed by atoms with Crippen molar-refractivity contribution >= 4 is 23.5 Å². The highest BCUT2D eigenvalue weighted by molar-refractivity contribution is 6.10. The summed E-state index contributed by atoms with van der Waals surface area (Å²) in [6.07, 6.45) is 3.03. The van der Waals surface area contributed by atoms with Crippen molar-refractivity contribution in [2.75, 3.05) is 11.9 Å². The molecule has 1 aromatic carbocycles. The number of carbonyl (C=O) groups excluding carboxylic acids is 3. The number of para-hydroxylation sites is 1. The van der Waals surface area contributed by atoms with Gasteiger partial charge in [-0.15, -0.1) is 0 Å². The van der Waals surface area contributed by atoms with E-state index in [4.69, 9.17) is 0 Å². The van der Waals surface area contributed by atoms with E-state index in [9.17, 15) is 14.4 Å². The predicted octanol–water partition coefficient (Wildman–Crippen LogP) is 3.32. The molecule has 3 rings (SSSR count). The molecule has 0 unspecified atom stereocenters. The molecular formula is C21H29N3O3. The van der Waals surface area contributed by atoms with E-state index in [1.807, 2.05) is 31.2 Å². The highest BCUT2D eigenvalue weighted by Crippen LogP contribution is 2.46. The lowest BCUT2D eigenvalue weighted by atomic mass is 9.64. The molecule has 0 radical (unpaired) electrons. The first-order valence-electron chi connectivity index (χ1n) is 9.68. The molecule has 1 aromatic rings. The summed E-state index contributed by atoms with van der Waals surface area (Å²) in [4.78, 5) is 39.2. The first-order valence-corrected chi connectivity index (χ1v) is 9.68. The molecule has 0 aromatic heterocycles. The number of amides is 4. The van der Waals surface area contributed by atoms with Crippen molar-refractivity contribution in [2.24, 2.45) is 11.3 Å². The summed E-state index contributed by atoms with van der Waals surface area (Å²) in [6.45, 7) is 8.11. The van der Waals surface area contributed by atoms with Crippen LogP contribution in [0.2, 0.25) is 0 Å². The highest BCUT2D eigenvalue weighted by atomic mass is 16.2. The maximum absolute atomic E-state index is 13.1. The SMILES string of the molecule is CCc1ccccc1NC(=O)CN1C(=O)N[C@]2(C[C@@H](C)CC(C)(C)C2)C1=O. The molecule has 2 N–H and O–H groups in total. The molecule has 1 aliphatic heterocycles. The number of carbonyl (C=O) groups is 3. The van der Waals surface area contributed by atoms with Crippen LogP contribution in [0.25, 0.3) is 0 Å². The summed E-state index contributed by atoms with van der Waals surface area (Å²) in [5.74, 6) is -0.297. The Hall–Kier alpha value is -2.37. The molecule has 2 atom stereocenters. The number of benzene rings is 1. The molecule has 1 spiro atoms. The lowest BCUT2D eigenvalue weighted by Crippen LogP contribution is -2.54. The summed E-state index contributed by atoms with van der Waals surface area (Å²) >= 11 is 0. The molecule has 1 saturated carbocycles. The lowest BCUT2D eigenvalue weighted by molar-refractivity contribution is -0.136. The predicted molar refractivity (Wildman–Crippen MR) is 104 cm³/mol. The molecule has 2 fully saturated rings. The average molecular weight is 371 g/mol. The third-order valence-corrected chi connectivity index (χ3v) is 5.60. The lowest BCUT2D eigenvalue weighted by Gasteiger charge is -2.43. The number of hydrogen-bond donors (Lipinski definition) is 2. The van der Waals surface area contributed by atoms with Gasteiger partial charge < -0.3 is 10.6 Å². The molecule has 27 heavy (non-hydrogen) atoms. The zero-order valence-electron chi connectivity index (χ0n) is 16.6. The molecule has 6 heteroatoms. The normalized spacial score (nSPS) is 27.0. The second-order valence-electron chi connectivity index (χ2n) is 8.82. The van der Waals surface area contributed by atoms with Crippen LogP contribution in [0.5, 0.6) is 0 Å². The van der Waals surface area contributed by atoms with Crippen LogP contribution < -0.4 is 10.6 Å². The van der Waals surface area contributed by atoms with E-state index in [2.05, 4.69) is 31.4 Å². The average Bonchev–Trinajstić information content (AvgIpc) is 2.77. The first kappa shape index (κ1) is 19.4. The zero-order valence-corrected chi connectivity index (χ0v) is 16.6. The Morgan fingerprint density at radius 1 is 1.26 bits per heavy atom. The number of nitrogens with one attached hydrogen (secondary N) is 2. The van der Waals surface area contributed by atoms with Crippen LogP contribution in [-0.2, 0) is 16.0 Å². The number of imide groups is 1. The van der Waals surface area contributed by atoms with E-state index < -0.39 is 11.6 Å². The molecule has 0 bridgehead atoms. The van der Waals surface area contributed by atoms with Crippen molar-refractivity contribution in [2.45, 2.75) is 58.9 Å². The number of aryl methyl sites for hydroxylation is 1. The third kappa shape index (κ3) is 3.84. The summed E-state index contributed by atoms with van der Waals surface area (Å²) < 4.78 is 0. The Bertz CT molecular complexity index is 774. The van der Waals surface area contributed by atoms with Crippen molar-refractivity contribution < 1.29 is 14.4 Å². The van der Waals surface area contributed by atoms with Gasteiger partial charge in [-0.05, 0) is 48.6 Å². The summed E-state index contributed by atoms with van der Waals surface area (Å²) in [5.41, 5.74) is 0.834. The van der Waals surface area contributed by atoms with Gasteiger partial charge in [0.2, 0.25) is 5.91 Å². The molecule has 146 valence electrons. The van der Waals surface area contributed by atoms with Gasteiger partial charge in [-0.1, -0.05) is 45.9 Å². The van der Waals surface area contributed by atoms with E-state index in [0.29, 0.717) is 18.8 Å². The number of nitrogens with zero attached hydrogens (tertiary/aromatic N) is 1. The number of hydrogen-bond acceptors (Lipinski definition) is 3. The summed E-state index contributed by atoms with van der Waals surface area (Å²) in [5, 5.41) is 5.74.